The Kier molecular flexibility index (Phi) is 2.51. The molecule has 0 amide bonds. The molecule has 0 spiro atoms. The van der Waals surface area contributed by atoms with Gasteiger partial charge in [0.2, 0.25) is 0 Å². The molecule has 2 rings (SSSR count). The zero-order valence-electron chi connectivity index (χ0n) is 7.93. The molecule has 0 aliphatic carbocycles. The van der Waals surface area contributed by atoms with Crippen LogP contribution in [0.25, 0.3) is 10.7 Å². The minimum Gasteiger partial charge on any atom is -0.481 e. The number of carboxylic acids is 1. The first-order chi connectivity index (χ1) is 7.15. The Morgan fingerprint density at radius 1 is 1.67 bits per heavy atom. The van der Waals surface area contributed by atoms with Gasteiger partial charge in [0.25, 0.3) is 0 Å². The summed E-state index contributed by atoms with van der Waals surface area (Å²) < 4.78 is 4.91. The van der Waals surface area contributed by atoms with Crippen molar-refractivity contribution in [2.75, 3.05) is 0 Å². The van der Waals surface area contributed by atoms with Gasteiger partial charge in [-0.25, -0.2) is 4.98 Å². The van der Waals surface area contributed by atoms with E-state index in [0.717, 1.165) is 0 Å². The lowest BCUT2D eigenvalue weighted by atomic mass is 10.3. The molecule has 5 nitrogen and oxygen atoms in total. The van der Waals surface area contributed by atoms with Crippen LogP contribution in [0.1, 0.15) is 11.5 Å². The number of carbonyl (C=O) groups is 1. The van der Waals surface area contributed by atoms with Crippen LogP contribution in [0.5, 0.6) is 0 Å². The van der Waals surface area contributed by atoms with Gasteiger partial charge in [0, 0.05) is 11.4 Å². The molecule has 78 valence electrons. The van der Waals surface area contributed by atoms with Crippen molar-refractivity contribution >= 4 is 17.3 Å². The molecular formula is C9H8N2O3S. The van der Waals surface area contributed by atoms with Crippen molar-refractivity contribution in [1.82, 2.24) is 10.1 Å². The molecule has 0 saturated heterocycles. The van der Waals surface area contributed by atoms with Gasteiger partial charge in [0.1, 0.15) is 16.5 Å². The van der Waals surface area contributed by atoms with Crippen molar-refractivity contribution in [3.63, 3.8) is 0 Å². The zero-order valence-corrected chi connectivity index (χ0v) is 8.74. The van der Waals surface area contributed by atoms with Crippen LogP contribution >= 0.6 is 11.3 Å². The van der Waals surface area contributed by atoms with Crippen molar-refractivity contribution < 1.29 is 14.4 Å². The summed E-state index contributed by atoms with van der Waals surface area (Å²) in [6.45, 7) is 1.79. The average molecular weight is 224 g/mol. The van der Waals surface area contributed by atoms with Crippen LogP contribution < -0.4 is 0 Å². The van der Waals surface area contributed by atoms with E-state index in [1.54, 1.807) is 18.4 Å². The van der Waals surface area contributed by atoms with Gasteiger partial charge < -0.3 is 9.63 Å². The fourth-order valence-electron chi connectivity index (χ4n) is 1.13. The van der Waals surface area contributed by atoms with Crippen molar-refractivity contribution in [2.45, 2.75) is 13.3 Å². The quantitative estimate of drug-likeness (QED) is 0.859. The third kappa shape index (κ3) is 2.21. The Balaban J connectivity index is 2.23. The first-order valence-corrected chi connectivity index (χ1v) is 5.13. The third-order valence-electron chi connectivity index (χ3n) is 1.73. The van der Waals surface area contributed by atoms with E-state index in [2.05, 4.69) is 10.1 Å². The third-order valence-corrected chi connectivity index (χ3v) is 2.64. The van der Waals surface area contributed by atoms with E-state index >= 15 is 0 Å². The number of thiazole rings is 1. The van der Waals surface area contributed by atoms with Gasteiger partial charge in [-0.15, -0.1) is 11.3 Å². The molecule has 1 N–H and O–H groups in total. The molecule has 0 bridgehead atoms. The van der Waals surface area contributed by atoms with Crippen LogP contribution in [0.15, 0.2) is 16.0 Å². The summed E-state index contributed by atoms with van der Waals surface area (Å²) >= 11 is 1.36. The highest BCUT2D eigenvalue weighted by molar-refractivity contribution is 7.13. The van der Waals surface area contributed by atoms with E-state index in [-0.39, 0.29) is 6.42 Å². The van der Waals surface area contributed by atoms with Crippen LogP contribution in [0.4, 0.5) is 0 Å². The summed E-state index contributed by atoms with van der Waals surface area (Å²) in [6.07, 6.45) is -0.0622. The number of carboxylic acid groups (broad SMARTS) is 1. The molecule has 0 atom stereocenters. The molecule has 2 aromatic rings. The Bertz CT molecular complexity index is 489. The Morgan fingerprint density at radius 3 is 3.07 bits per heavy atom. The maximum Gasteiger partial charge on any atom is 0.309 e. The lowest BCUT2D eigenvalue weighted by Gasteiger charge is -1.87. The van der Waals surface area contributed by atoms with Crippen LogP contribution in [0.3, 0.4) is 0 Å². The number of aliphatic carboxylic acids is 1. The summed E-state index contributed by atoms with van der Waals surface area (Å²) in [5.74, 6) is -0.178. The molecular weight excluding hydrogens is 216 g/mol. The number of rotatable bonds is 3. The summed E-state index contributed by atoms with van der Waals surface area (Å²) in [5.41, 5.74) is 1.19. The molecule has 0 aromatic carbocycles. The normalized spacial score (nSPS) is 10.5. The Labute approximate surface area is 89.4 Å². The molecule has 0 aliphatic rings. The Hall–Kier alpha value is -1.69. The van der Waals surface area contributed by atoms with Gasteiger partial charge in [0.05, 0.1) is 12.1 Å². The van der Waals surface area contributed by atoms with Gasteiger partial charge in [-0.3, -0.25) is 4.79 Å². The molecule has 0 aliphatic heterocycles. The fourth-order valence-corrected chi connectivity index (χ4v) is 1.90. The van der Waals surface area contributed by atoms with Crippen molar-refractivity contribution in [2.24, 2.45) is 0 Å². The van der Waals surface area contributed by atoms with Gasteiger partial charge >= 0.3 is 5.97 Å². The smallest absolute Gasteiger partial charge is 0.309 e. The molecule has 2 heterocycles. The van der Waals surface area contributed by atoms with Crippen molar-refractivity contribution in [3.8, 4) is 10.7 Å². The monoisotopic (exact) mass is 224 g/mol. The van der Waals surface area contributed by atoms with Gasteiger partial charge in [-0.2, -0.15) is 0 Å². The summed E-state index contributed by atoms with van der Waals surface area (Å²) in [5, 5.41) is 14.8. The van der Waals surface area contributed by atoms with Crippen molar-refractivity contribution in [3.05, 3.63) is 22.9 Å². The van der Waals surface area contributed by atoms with Crippen LogP contribution in [0.2, 0.25) is 0 Å². The number of aromatic nitrogens is 2. The second kappa shape index (κ2) is 3.82. The second-order valence-electron chi connectivity index (χ2n) is 3.04. The number of hydrogen-bond acceptors (Lipinski definition) is 5. The minimum absolute atomic E-state index is 0.0622. The predicted molar refractivity (Wildman–Crippen MR) is 53.7 cm³/mol. The average Bonchev–Trinajstić information content (AvgIpc) is 2.72. The van der Waals surface area contributed by atoms with E-state index in [1.165, 1.54) is 11.3 Å². The van der Waals surface area contributed by atoms with Gasteiger partial charge in [-0.05, 0) is 6.92 Å². The SMILES string of the molecule is Cc1cc(-c2nc(CC(=O)O)cs2)no1. The molecule has 0 radical (unpaired) electrons. The van der Waals surface area contributed by atoms with Gasteiger partial charge in [0.15, 0.2) is 0 Å². The lowest BCUT2D eigenvalue weighted by molar-refractivity contribution is -0.136. The number of nitrogens with zero attached hydrogens (tertiary/aromatic N) is 2. The molecule has 0 unspecified atom stereocenters. The van der Waals surface area contributed by atoms with E-state index < -0.39 is 5.97 Å². The Morgan fingerprint density at radius 2 is 2.47 bits per heavy atom. The largest absolute Gasteiger partial charge is 0.481 e. The van der Waals surface area contributed by atoms with E-state index in [0.29, 0.717) is 22.2 Å². The maximum atomic E-state index is 10.4. The number of aryl methyl sites for hydroxylation is 1. The topological polar surface area (TPSA) is 76.2 Å². The van der Waals surface area contributed by atoms with Crippen LogP contribution in [0, 0.1) is 6.92 Å². The lowest BCUT2D eigenvalue weighted by Crippen LogP contribution is -1.99. The highest BCUT2D eigenvalue weighted by Gasteiger charge is 2.10. The van der Waals surface area contributed by atoms with E-state index in [9.17, 15) is 4.79 Å². The second-order valence-corrected chi connectivity index (χ2v) is 3.90. The first kappa shape index (κ1) is 9.85. The van der Waals surface area contributed by atoms with Crippen LogP contribution in [-0.4, -0.2) is 21.2 Å². The first-order valence-electron chi connectivity index (χ1n) is 4.25. The molecule has 0 fully saturated rings. The summed E-state index contributed by atoms with van der Waals surface area (Å²) in [6, 6.07) is 1.77. The molecule has 6 heteroatoms. The maximum absolute atomic E-state index is 10.4. The van der Waals surface area contributed by atoms with E-state index in [4.69, 9.17) is 9.63 Å². The molecule has 0 saturated carbocycles. The summed E-state index contributed by atoms with van der Waals surface area (Å²) in [4.78, 5) is 14.6. The van der Waals surface area contributed by atoms with Crippen LogP contribution in [-0.2, 0) is 11.2 Å². The number of hydrogen-bond donors (Lipinski definition) is 1. The predicted octanol–water partition coefficient (Wildman–Crippen LogP) is 1.73. The van der Waals surface area contributed by atoms with Crippen molar-refractivity contribution in [1.29, 1.82) is 0 Å². The highest BCUT2D eigenvalue weighted by atomic mass is 32.1. The van der Waals surface area contributed by atoms with Gasteiger partial charge in [-0.1, -0.05) is 5.16 Å². The molecule has 15 heavy (non-hydrogen) atoms. The fraction of sp³-hybridized carbons (Fsp3) is 0.222. The minimum atomic E-state index is -0.886. The zero-order chi connectivity index (χ0) is 10.8. The molecule has 2 aromatic heterocycles. The summed E-state index contributed by atoms with van der Waals surface area (Å²) in [7, 11) is 0. The standard InChI is InChI=1S/C9H8N2O3S/c1-5-2-7(11-14-5)9-10-6(4-15-9)3-8(12)13/h2,4H,3H2,1H3,(H,12,13). The highest BCUT2D eigenvalue weighted by Crippen LogP contribution is 2.23. The van der Waals surface area contributed by atoms with E-state index in [1.807, 2.05) is 0 Å².